The second-order valence-corrected chi connectivity index (χ2v) is 8.97. The fourth-order valence-corrected chi connectivity index (χ4v) is 3.58. The predicted molar refractivity (Wildman–Crippen MR) is 105 cm³/mol. The molecule has 0 radical (unpaired) electrons. The molecule has 1 aromatic heterocycles. The van der Waals surface area contributed by atoms with Crippen molar-refractivity contribution in [2.45, 2.75) is 19.4 Å². The molecule has 2 N–H and O–H groups in total. The van der Waals surface area contributed by atoms with Gasteiger partial charge in [-0.1, -0.05) is 30.3 Å². The van der Waals surface area contributed by atoms with Gasteiger partial charge in [0.25, 0.3) is 5.91 Å². The summed E-state index contributed by atoms with van der Waals surface area (Å²) < 4.78 is 26.2. The minimum Gasteiger partial charge on any atom is -0.465 e. The first-order valence-corrected chi connectivity index (χ1v) is 10.7. The largest absolute Gasteiger partial charge is 0.465 e. The molecule has 0 aliphatic carbocycles. The molecule has 2 amide bonds. The Morgan fingerprint density at radius 3 is 2.50 bits per heavy atom. The van der Waals surface area contributed by atoms with Crippen molar-refractivity contribution < 1.29 is 23.1 Å². The number of benzene rings is 1. The lowest BCUT2D eigenvalue weighted by molar-refractivity contribution is 0.0975. The highest BCUT2D eigenvalue weighted by molar-refractivity contribution is 7.87. The Balaban J connectivity index is 1.95. The second-order valence-electron chi connectivity index (χ2n) is 6.14. The summed E-state index contributed by atoms with van der Waals surface area (Å²) in [6, 6.07) is 9.76. The van der Waals surface area contributed by atoms with Crippen LogP contribution in [0.3, 0.4) is 0 Å². The molecule has 152 valence electrons. The SMILES string of the molecule is CN(C)S(=O)(=O)NC(=O)c1csc(CN(CCCc2ccccc2)C(=O)O)n1. The number of aromatic nitrogens is 1. The van der Waals surface area contributed by atoms with Crippen LogP contribution in [-0.4, -0.2) is 60.4 Å². The molecule has 0 unspecified atom stereocenters. The fraction of sp³-hybridized carbons (Fsp3) is 0.353. The number of thiazole rings is 1. The van der Waals surface area contributed by atoms with E-state index in [-0.39, 0.29) is 12.2 Å². The molecule has 1 aromatic carbocycles. The first-order valence-electron chi connectivity index (χ1n) is 8.40. The van der Waals surface area contributed by atoms with Crippen molar-refractivity contribution >= 4 is 33.5 Å². The molecule has 2 aromatic rings. The van der Waals surface area contributed by atoms with E-state index in [4.69, 9.17) is 0 Å². The topological polar surface area (TPSA) is 120 Å². The van der Waals surface area contributed by atoms with Gasteiger partial charge in [-0.25, -0.2) is 14.5 Å². The molecule has 28 heavy (non-hydrogen) atoms. The number of rotatable bonds is 9. The number of carboxylic acid groups (broad SMARTS) is 1. The van der Waals surface area contributed by atoms with Crippen LogP contribution < -0.4 is 4.72 Å². The molecule has 0 spiro atoms. The summed E-state index contributed by atoms with van der Waals surface area (Å²) in [6.07, 6.45) is 0.318. The Morgan fingerprint density at radius 2 is 1.89 bits per heavy atom. The Morgan fingerprint density at radius 1 is 1.21 bits per heavy atom. The van der Waals surface area contributed by atoms with Crippen molar-refractivity contribution in [1.29, 1.82) is 0 Å². The van der Waals surface area contributed by atoms with E-state index >= 15 is 0 Å². The zero-order chi connectivity index (χ0) is 20.7. The van der Waals surface area contributed by atoms with Gasteiger partial charge in [0.15, 0.2) is 0 Å². The highest BCUT2D eigenvalue weighted by atomic mass is 32.2. The lowest BCUT2D eigenvalue weighted by Gasteiger charge is -2.17. The Labute approximate surface area is 167 Å². The monoisotopic (exact) mass is 426 g/mol. The molecular formula is C17H22N4O5S2. The van der Waals surface area contributed by atoms with Crippen molar-refractivity contribution in [2.24, 2.45) is 0 Å². The highest BCUT2D eigenvalue weighted by Gasteiger charge is 2.21. The average Bonchev–Trinajstić information content (AvgIpc) is 3.10. The smallest absolute Gasteiger partial charge is 0.407 e. The molecule has 0 aliphatic rings. The lowest BCUT2D eigenvalue weighted by atomic mass is 10.1. The van der Waals surface area contributed by atoms with Gasteiger partial charge in [0.1, 0.15) is 10.7 Å². The van der Waals surface area contributed by atoms with Crippen molar-refractivity contribution in [1.82, 2.24) is 18.9 Å². The van der Waals surface area contributed by atoms with Gasteiger partial charge in [-0.3, -0.25) is 4.79 Å². The predicted octanol–water partition coefficient (Wildman–Crippen LogP) is 1.79. The molecule has 0 bridgehead atoms. The third-order valence-corrected chi connectivity index (χ3v) is 6.06. The Bertz CT molecular complexity index is 913. The molecule has 11 heteroatoms. The number of aryl methyl sites for hydroxylation is 1. The Hall–Kier alpha value is -2.50. The summed E-state index contributed by atoms with van der Waals surface area (Å²) >= 11 is 1.10. The lowest BCUT2D eigenvalue weighted by Crippen LogP contribution is -2.39. The summed E-state index contributed by atoms with van der Waals surface area (Å²) in [5.41, 5.74) is 1.06. The van der Waals surface area contributed by atoms with Crippen LogP contribution in [0.2, 0.25) is 0 Å². The molecular weight excluding hydrogens is 404 g/mol. The maximum absolute atomic E-state index is 12.0. The zero-order valence-corrected chi connectivity index (χ0v) is 17.2. The van der Waals surface area contributed by atoms with Crippen LogP contribution >= 0.6 is 11.3 Å². The normalized spacial score (nSPS) is 11.4. The van der Waals surface area contributed by atoms with Gasteiger partial charge in [0, 0.05) is 26.0 Å². The molecule has 1 heterocycles. The maximum Gasteiger partial charge on any atom is 0.407 e. The van der Waals surface area contributed by atoms with Crippen LogP contribution in [0.4, 0.5) is 4.79 Å². The number of nitrogens with zero attached hydrogens (tertiary/aromatic N) is 3. The first kappa shape index (κ1) is 21.8. The quantitative estimate of drug-likeness (QED) is 0.631. The number of carbonyl (C=O) groups excluding carboxylic acids is 1. The summed E-state index contributed by atoms with van der Waals surface area (Å²) in [7, 11) is -1.33. The second kappa shape index (κ2) is 9.62. The number of hydrogen-bond donors (Lipinski definition) is 2. The molecule has 0 saturated carbocycles. The van der Waals surface area contributed by atoms with Gasteiger partial charge < -0.3 is 10.0 Å². The summed E-state index contributed by atoms with van der Waals surface area (Å²) in [5, 5.41) is 11.2. The standard InChI is InChI=1S/C17H22N4O5S2/c1-20(2)28(25,26)19-16(22)14-12-27-15(18-14)11-21(17(23)24)10-6-9-13-7-4-3-5-8-13/h3-5,7-8,12H,6,9-11H2,1-2H3,(H,19,22)(H,23,24). The van der Waals surface area contributed by atoms with Gasteiger partial charge >= 0.3 is 16.3 Å². The van der Waals surface area contributed by atoms with Crippen LogP contribution in [0.15, 0.2) is 35.7 Å². The van der Waals surface area contributed by atoms with Crippen molar-refractivity contribution in [3.05, 3.63) is 52.0 Å². The zero-order valence-electron chi connectivity index (χ0n) is 15.5. The molecule has 0 atom stereocenters. The van der Waals surface area contributed by atoms with Crippen molar-refractivity contribution in [2.75, 3.05) is 20.6 Å². The van der Waals surface area contributed by atoms with Crippen molar-refractivity contribution in [3.63, 3.8) is 0 Å². The highest BCUT2D eigenvalue weighted by Crippen LogP contribution is 2.14. The van der Waals surface area contributed by atoms with Crippen LogP contribution in [-0.2, 0) is 23.2 Å². The number of carbonyl (C=O) groups is 2. The van der Waals surface area contributed by atoms with Gasteiger partial charge in [0.05, 0.1) is 6.54 Å². The summed E-state index contributed by atoms with van der Waals surface area (Å²) in [6.45, 7) is 0.350. The van der Waals surface area contributed by atoms with Gasteiger partial charge in [-0.05, 0) is 18.4 Å². The minimum atomic E-state index is -3.92. The summed E-state index contributed by atoms with van der Waals surface area (Å²) in [5.74, 6) is -0.859. The van der Waals surface area contributed by atoms with Gasteiger partial charge in [-0.2, -0.15) is 12.7 Å². The third kappa shape index (κ3) is 6.29. The fourth-order valence-electron chi connectivity index (χ4n) is 2.27. The third-order valence-electron chi connectivity index (χ3n) is 3.82. The van der Waals surface area contributed by atoms with E-state index in [1.165, 1.54) is 24.4 Å². The van der Waals surface area contributed by atoms with Gasteiger partial charge in [0.2, 0.25) is 0 Å². The van der Waals surface area contributed by atoms with E-state index in [1.54, 1.807) is 0 Å². The number of amides is 2. The molecule has 2 rings (SSSR count). The molecule has 9 nitrogen and oxygen atoms in total. The van der Waals surface area contributed by atoms with E-state index in [0.29, 0.717) is 18.0 Å². The van der Waals surface area contributed by atoms with Crippen LogP contribution in [0.25, 0.3) is 0 Å². The molecule has 0 fully saturated rings. The average molecular weight is 427 g/mol. The van der Waals surface area contributed by atoms with E-state index in [0.717, 1.165) is 27.6 Å². The van der Waals surface area contributed by atoms with E-state index in [9.17, 15) is 23.1 Å². The van der Waals surface area contributed by atoms with Crippen LogP contribution in [0, 0.1) is 0 Å². The maximum atomic E-state index is 12.0. The van der Waals surface area contributed by atoms with Crippen LogP contribution in [0.5, 0.6) is 0 Å². The number of nitrogens with one attached hydrogen (secondary N) is 1. The first-order chi connectivity index (χ1) is 13.2. The van der Waals surface area contributed by atoms with Crippen molar-refractivity contribution in [3.8, 4) is 0 Å². The number of hydrogen-bond acceptors (Lipinski definition) is 6. The van der Waals surface area contributed by atoms with E-state index in [2.05, 4.69) is 4.98 Å². The van der Waals surface area contributed by atoms with E-state index < -0.39 is 22.2 Å². The van der Waals surface area contributed by atoms with Gasteiger partial charge in [-0.15, -0.1) is 11.3 Å². The molecule has 0 aliphatic heterocycles. The molecule has 0 saturated heterocycles. The summed E-state index contributed by atoms with van der Waals surface area (Å²) in [4.78, 5) is 28.8. The van der Waals surface area contributed by atoms with E-state index in [1.807, 2.05) is 35.1 Å². The minimum absolute atomic E-state index is 0.0303. The van der Waals surface area contributed by atoms with Crippen LogP contribution in [0.1, 0.15) is 27.5 Å². The Kier molecular flexibility index (Phi) is 7.49.